The van der Waals surface area contributed by atoms with Gasteiger partial charge in [0, 0.05) is 0 Å². The molecule has 60 valence electrons. The van der Waals surface area contributed by atoms with Crippen LogP contribution in [0.3, 0.4) is 0 Å². The number of nitrogens with one attached hydrogen (secondary N) is 1. The van der Waals surface area contributed by atoms with Crippen molar-refractivity contribution in [3.63, 3.8) is 0 Å². The minimum Gasteiger partial charge on any atom is -0.457 e. The number of piperidine rings is 1. The molecule has 0 aromatic rings. The SMILES string of the molecule is [CH2-][NH+]1C2COCC23C2OC2C13. The Labute approximate surface area is 65.3 Å². The largest absolute Gasteiger partial charge is 0.457 e. The number of rotatable bonds is 0. The number of hydrogen-bond acceptors (Lipinski definition) is 2. The van der Waals surface area contributed by atoms with E-state index in [2.05, 4.69) is 7.05 Å². The van der Waals surface area contributed by atoms with Gasteiger partial charge in [-0.15, -0.1) is 0 Å². The first-order valence-electron chi connectivity index (χ1n) is 4.27. The summed E-state index contributed by atoms with van der Waals surface area (Å²) in [5.74, 6) is 0. The summed E-state index contributed by atoms with van der Waals surface area (Å²) in [6.45, 7) is 1.84. The zero-order chi connectivity index (χ0) is 7.22. The number of ether oxygens (including phenoxy) is 2. The molecule has 3 nitrogen and oxygen atoms in total. The van der Waals surface area contributed by atoms with Crippen LogP contribution >= 0.6 is 0 Å². The van der Waals surface area contributed by atoms with Crippen LogP contribution in [0, 0.1) is 12.5 Å². The highest BCUT2D eigenvalue weighted by Crippen LogP contribution is 2.62. The summed E-state index contributed by atoms with van der Waals surface area (Å²) in [4.78, 5) is 1.40. The van der Waals surface area contributed by atoms with Crippen LogP contribution in [0.5, 0.6) is 0 Å². The number of epoxide rings is 1. The van der Waals surface area contributed by atoms with Gasteiger partial charge in [-0.3, -0.25) is 0 Å². The fraction of sp³-hybridized carbons (Fsp3) is 0.875. The van der Waals surface area contributed by atoms with Crippen molar-refractivity contribution in [2.24, 2.45) is 5.41 Å². The molecule has 1 saturated carbocycles. The molecule has 3 heteroatoms. The zero-order valence-electron chi connectivity index (χ0n) is 6.25. The lowest BCUT2D eigenvalue weighted by atomic mass is 9.54. The molecule has 11 heavy (non-hydrogen) atoms. The van der Waals surface area contributed by atoms with E-state index in [9.17, 15) is 0 Å². The topological polar surface area (TPSA) is 26.2 Å². The van der Waals surface area contributed by atoms with Gasteiger partial charge in [0.2, 0.25) is 0 Å². The van der Waals surface area contributed by atoms with Gasteiger partial charge in [-0.25, -0.2) is 0 Å². The molecule has 3 saturated heterocycles. The second-order valence-corrected chi connectivity index (χ2v) is 4.25. The van der Waals surface area contributed by atoms with E-state index < -0.39 is 0 Å². The summed E-state index contributed by atoms with van der Waals surface area (Å²) in [7, 11) is 4.10. The summed E-state index contributed by atoms with van der Waals surface area (Å²) >= 11 is 0. The van der Waals surface area contributed by atoms with Crippen molar-refractivity contribution in [1.29, 1.82) is 0 Å². The lowest BCUT2D eigenvalue weighted by Crippen LogP contribution is -3.30. The molecule has 0 bridgehead atoms. The van der Waals surface area contributed by atoms with Crippen molar-refractivity contribution in [3.05, 3.63) is 7.05 Å². The number of likely N-dealkylation sites (tertiary alicyclic amines) is 1. The second-order valence-electron chi connectivity index (χ2n) is 4.25. The van der Waals surface area contributed by atoms with Gasteiger partial charge in [0.05, 0.1) is 13.2 Å². The van der Waals surface area contributed by atoms with Crippen molar-refractivity contribution >= 4 is 0 Å². The van der Waals surface area contributed by atoms with Crippen molar-refractivity contribution in [1.82, 2.24) is 0 Å². The summed E-state index contributed by atoms with van der Waals surface area (Å²) in [5, 5.41) is 0. The fourth-order valence-corrected chi connectivity index (χ4v) is 3.50. The van der Waals surface area contributed by atoms with Crippen LogP contribution in [0.1, 0.15) is 0 Å². The Bertz CT molecular complexity index is 236. The first-order valence-corrected chi connectivity index (χ1v) is 4.27. The molecule has 3 aliphatic heterocycles. The van der Waals surface area contributed by atoms with E-state index in [0.29, 0.717) is 29.7 Å². The van der Waals surface area contributed by atoms with Crippen molar-refractivity contribution in [2.45, 2.75) is 24.3 Å². The standard InChI is InChI=1S/C8H11NO2/c1-9-4-2-10-3-8(4)6(9)5-7(8)11-5/h4-7,9H,1-3H2. The van der Waals surface area contributed by atoms with E-state index in [1.54, 1.807) is 0 Å². The highest BCUT2D eigenvalue weighted by Gasteiger charge is 2.88. The van der Waals surface area contributed by atoms with Gasteiger partial charge in [-0.05, 0) is 0 Å². The van der Waals surface area contributed by atoms with E-state index >= 15 is 0 Å². The maximum atomic E-state index is 5.55. The Morgan fingerprint density at radius 3 is 3.36 bits per heavy atom. The minimum absolute atomic E-state index is 0.432. The Balaban J connectivity index is 1.82. The zero-order valence-corrected chi connectivity index (χ0v) is 6.25. The average molecular weight is 153 g/mol. The molecule has 1 N–H and O–H groups in total. The predicted molar refractivity (Wildman–Crippen MR) is 35.8 cm³/mol. The molecular formula is C8H11NO2. The molecule has 6 atom stereocenters. The van der Waals surface area contributed by atoms with Gasteiger partial charge in [0.25, 0.3) is 0 Å². The first kappa shape index (κ1) is 5.51. The molecule has 0 aromatic heterocycles. The van der Waals surface area contributed by atoms with Crippen molar-refractivity contribution < 1.29 is 14.4 Å². The molecule has 0 aromatic carbocycles. The van der Waals surface area contributed by atoms with Gasteiger partial charge in [-0.1, -0.05) is 0 Å². The van der Waals surface area contributed by atoms with Gasteiger partial charge in [0.1, 0.15) is 29.7 Å². The summed E-state index contributed by atoms with van der Waals surface area (Å²) in [6.07, 6.45) is 1.12. The normalized spacial score (nSPS) is 75.5. The first-order chi connectivity index (χ1) is 5.36. The molecule has 1 aliphatic carbocycles. The van der Waals surface area contributed by atoms with Crippen molar-refractivity contribution in [2.75, 3.05) is 13.2 Å². The minimum atomic E-state index is 0.432. The molecule has 1 spiro atoms. The smallest absolute Gasteiger partial charge is 0.136 e. The molecular weight excluding hydrogens is 142 g/mol. The summed E-state index contributed by atoms with van der Waals surface area (Å²) in [6, 6.07) is 1.33. The van der Waals surface area contributed by atoms with Crippen LogP contribution in [0.25, 0.3) is 0 Å². The average Bonchev–Trinajstić information content (AvgIpc) is 2.58. The molecule has 6 unspecified atom stereocenters. The molecule has 0 radical (unpaired) electrons. The van der Waals surface area contributed by atoms with Crippen LogP contribution in [0.15, 0.2) is 0 Å². The van der Waals surface area contributed by atoms with E-state index in [1.807, 2.05) is 0 Å². The third-order valence-electron chi connectivity index (χ3n) is 4.10. The number of hydrogen-bond donors (Lipinski definition) is 1. The highest BCUT2D eigenvalue weighted by molar-refractivity contribution is 5.28. The van der Waals surface area contributed by atoms with Crippen LogP contribution in [-0.4, -0.2) is 37.5 Å². The molecule has 4 fully saturated rings. The monoisotopic (exact) mass is 153 g/mol. The van der Waals surface area contributed by atoms with Crippen LogP contribution in [0.2, 0.25) is 0 Å². The van der Waals surface area contributed by atoms with Gasteiger partial charge < -0.3 is 14.4 Å². The third-order valence-corrected chi connectivity index (χ3v) is 4.10. The molecule has 3 heterocycles. The molecule has 4 rings (SSSR count). The Morgan fingerprint density at radius 2 is 2.45 bits per heavy atom. The molecule has 0 amide bonds. The maximum Gasteiger partial charge on any atom is 0.136 e. The number of fused-ring (bicyclic) bond motifs is 2. The Morgan fingerprint density at radius 1 is 1.55 bits per heavy atom. The summed E-state index contributed by atoms with van der Waals surface area (Å²) < 4.78 is 11.0. The van der Waals surface area contributed by atoms with Crippen molar-refractivity contribution in [3.8, 4) is 0 Å². The van der Waals surface area contributed by atoms with Gasteiger partial charge in [0.15, 0.2) is 0 Å². The van der Waals surface area contributed by atoms with Gasteiger partial charge >= 0.3 is 0 Å². The molecule has 4 aliphatic rings. The Kier molecular flexibility index (Phi) is 0.631. The predicted octanol–water partition coefficient (Wildman–Crippen LogP) is -1.79. The van der Waals surface area contributed by atoms with Crippen LogP contribution in [-0.2, 0) is 9.47 Å². The lowest BCUT2D eigenvalue weighted by molar-refractivity contribution is -0.983. The summed E-state index contributed by atoms with van der Waals surface area (Å²) in [5.41, 5.74) is 0.432. The Hall–Kier alpha value is -0.120. The lowest BCUT2D eigenvalue weighted by Gasteiger charge is -2.62. The van der Waals surface area contributed by atoms with E-state index in [1.165, 1.54) is 4.90 Å². The van der Waals surface area contributed by atoms with E-state index in [0.717, 1.165) is 13.2 Å². The van der Waals surface area contributed by atoms with Crippen LogP contribution in [0.4, 0.5) is 0 Å². The van der Waals surface area contributed by atoms with Crippen LogP contribution < -0.4 is 4.90 Å². The maximum absolute atomic E-state index is 5.55. The fourth-order valence-electron chi connectivity index (χ4n) is 3.50. The van der Waals surface area contributed by atoms with E-state index in [-0.39, 0.29) is 0 Å². The third kappa shape index (κ3) is 0.334. The second kappa shape index (κ2) is 1.26. The van der Waals surface area contributed by atoms with Gasteiger partial charge in [-0.2, -0.15) is 7.05 Å². The van der Waals surface area contributed by atoms with E-state index in [4.69, 9.17) is 9.47 Å². The quantitative estimate of drug-likeness (QED) is 0.328. The highest BCUT2D eigenvalue weighted by atomic mass is 16.6. The number of quaternary nitrogens is 1.